The second-order valence-corrected chi connectivity index (χ2v) is 11.0. The lowest BCUT2D eigenvalue weighted by Crippen LogP contribution is -2.36. The summed E-state index contributed by atoms with van der Waals surface area (Å²) in [5.74, 6) is -0.215. The van der Waals surface area contributed by atoms with E-state index in [2.05, 4.69) is 43.3 Å². The van der Waals surface area contributed by atoms with Crippen LogP contribution in [0.3, 0.4) is 0 Å². The molecule has 0 unspecified atom stereocenters. The van der Waals surface area contributed by atoms with Gasteiger partial charge in [0, 0.05) is 12.8 Å². The van der Waals surface area contributed by atoms with E-state index in [0.29, 0.717) is 32.7 Å². The average molecular weight is 571 g/mol. The van der Waals surface area contributed by atoms with Crippen LogP contribution >= 0.6 is 0 Å². The first-order chi connectivity index (χ1) is 20.7. The zero-order chi connectivity index (χ0) is 29.2. The number of hydrogen-bond acceptors (Lipinski definition) is 5. The first-order valence-electron chi connectivity index (χ1n) is 15.5. The molecule has 3 aromatic carbocycles. The van der Waals surface area contributed by atoms with Crippen molar-refractivity contribution in [2.24, 2.45) is 0 Å². The van der Waals surface area contributed by atoms with Crippen molar-refractivity contribution in [3.8, 4) is 0 Å². The summed E-state index contributed by atoms with van der Waals surface area (Å²) in [6.45, 7) is 3.63. The van der Waals surface area contributed by atoms with Crippen LogP contribution in [0.1, 0.15) is 75.0 Å². The Balaban J connectivity index is 1.48. The monoisotopic (exact) mass is 570 g/mol. The molecule has 0 spiro atoms. The highest BCUT2D eigenvalue weighted by molar-refractivity contribution is 5.69. The lowest BCUT2D eigenvalue weighted by molar-refractivity contribution is -0.160. The largest absolute Gasteiger partial charge is 0.459 e. The molecular formula is C37H46O5. The number of carbonyl (C=O) groups excluding carboxylic acids is 1. The summed E-state index contributed by atoms with van der Waals surface area (Å²) in [6, 6.07) is 30.4. The Morgan fingerprint density at radius 2 is 1.36 bits per heavy atom. The minimum Gasteiger partial charge on any atom is -0.459 e. The van der Waals surface area contributed by atoms with Gasteiger partial charge in [0.25, 0.3) is 0 Å². The quantitative estimate of drug-likeness (QED) is 0.104. The summed E-state index contributed by atoms with van der Waals surface area (Å²) in [7, 11) is 0. The maximum absolute atomic E-state index is 13.2. The van der Waals surface area contributed by atoms with Crippen LogP contribution in [0.4, 0.5) is 0 Å². The molecule has 0 bridgehead atoms. The van der Waals surface area contributed by atoms with Crippen LogP contribution in [0, 0.1) is 0 Å². The van der Waals surface area contributed by atoms with Gasteiger partial charge in [0.1, 0.15) is 12.2 Å². The molecule has 0 radical (unpaired) electrons. The van der Waals surface area contributed by atoms with Crippen molar-refractivity contribution in [2.45, 2.75) is 103 Å². The first kappa shape index (κ1) is 31.7. The van der Waals surface area contributed by atoms with Crippen molar-refractivity contribution in [3.05, 3.63) is 120 Å². The summed E-state index contributed by atoms with van der Waals surface area (Å²) in [5.41, 5.74) is 3.30. The molecule has 0 fully saturated rings. The second kappa shape index (κ2) is 18.3. The predicted molar refractivity (Wildman–Crippen MR) is 167 cm³/mol. The molecule has 0 N–H and O–H groups in total. The molecule has 42 heavy (non-hydrogen) atoms. The second-order valence-electron chi connectivity index (χ2n) is 11.0. The lowest BCUT2D eigenvalue weighted by Gasteiger charge is -2.30. The van der Waals surface area contributed by atoms with E-state index >= 15 is 0 Å². The van der Waals surface area contributed by atoms with E-state index in [-0.39, 0.29) is 36.8 Å². The molecular weight excluding hydrogens is 524 g/mol. The highest BCUT2D eigenvalue weighted by Gasteiger charge is 2.29. The smallest absolute Gasteiger partial charge is 0.306 e. The van der Waals surface area contributed by atoms with Gasteiger partial charge in [0.05, 0.1) is 32.0 Å². The van der Waals surface area contributed by atoms with Gasteiger partial charge in [-0.3, -0.25) is 4.79 Å². The Morgan fingerprint density at radius 1 is 0.762 bits per heavy atom. The van der Waals surface area contributed by atoms with Crippen LogP contribution in [0.2, 0.25) is 0 Å². The molecule has 3 aromatic rings. The molecule has 4 atom stereocenters. The predicted octanol–water partition coefficient (Wildman–Crippen LogP) is 8.36. The van der Waals surface area contributed by atoms with E-state index in [1.54, 1.807) is 0 Å². The highest BCUT2D eigenvalue weighted by atomic mass is 16.6. The van der Waals surface area contributed by atoms with Gasteiger partial charge in [-0.25, -0.2) is 0 Å². The van der Waals surface area contributed by atoms with Gasteiger partial charge in [-0.1, -0.05) is 136 Å². The van der Waals surface area contributed by atoms with Gasteiger partial charge in [-0.05, 0) is 29.5 Å². The molecule has 1 heterocycles. The molecule has 4 rings (SSSR count). The molecule has 0 saturated carbocycles. The highest BCUT2D eigenvalue weighted by Crippen LogP contribution is 2.24. The third-order valence-corrected chi connectivity index (χ3v) is 7.63. The number of carbonyl (C=O) groups is 1. The van der Waals surface area contributed by atoms with E-state index < -0.39 is 0 Å². The molecule has 0 aromatic heterocycles. The van der Waals surface area contributed by atoms with Crippen LogP contribution in [0.5, 0.6) is 0 Å². The molecule has 224 valence electrons. The van der Waals surface area contributed by atoms with Crippen molar-refractivity contribution >= 4 is 5.97 Å². The normalized spacial score (nSPS) is 20.9. The van der Waals surface area contributed by atoms with Gasteiger partial charge in [0.15, 0.2) is 0 Å². The third-order valence-electron chi connectivity index (χ3n) is 7.63. The van der Waals surface area contributed by atoms with Crippen LogP contribution in [0.15, 0.2) is 103 Å². The molecule has 5 heteroatoms. The first-order valence-corrected chi connectivity index (χ1v) is 15.5. The topological polar surface area (TPSA) is 54.0 Å². The summed E-state index contributed by atoms with van der Waals surface area (Å²) < 4.78 is 25.4. The van der Waals surface area contributed by atoms with E-state index in [1.165, 1.54) is 12.8 Å². The van der Waals surface area contributed by atoms with Gasteiger partial charge >= 0.3 is 5.97 Å². The Kier molecular flexibility index (Phi) is 13.8. The summed E-state index contributed by atoms with van der Waals surface area (Å²) in [6.07, 6.45) is 9.82. The minimum absolute atomic E-state index is 0.177. The van der Waals surface area contributed by atoms with Gasteiger partial charge in [-0.15, -0.1) is 0 Å². The summed E-state index contributed by atoms with van der Waals surface area (Å²) in [5, 5.41) is 0. The van der Waals surface area contributed by atoms with Gasteiger partial charge in [-0.2, -0.15) is 0 Å². The van der Waals surface area contributed by atoms with Crippen molar-refractivity contribution < 1.29 is 23.7 Å². The number of benzene rings is 3. The molecule has 0 aliphatic carbocycles. The number of unbranched alkanes of at least 4 members (excludes halogenated alkanes) is 3. The van der Waals surface area contributed by atoms with Crippen LogP contribution < -0.4 is 0 Å². The minimum atomic E-state index is -0.351. The van der Waals surface area contributed by atoms with E-state index in [0.717, 1.165) is 36.0 Å². The van der Waals surface area contributed by atoms with Gasteiger partial charge < -0.3 is 18.9 Å². The zero-order valence-electron chi connectivity index (χ0n) is 24.9. The molecule has 0 amide bonds. The Morgan fingerprint density at radius 3 is 1.98 bits per heavy atom. The Hall–Kier alpha value is -3.25. The molecule has 0 saturated heterocycles. The van der Waals surface area contributed by atoms with E-state index in [4.69, 9.17) is 18.9 Å². The number of hydrogen-bond donors (Lipinski definition) is 0. The molecule has 5 nitrogen and oxygen atoms in total. The van der Waals surface area contributed by atoms with E-state index in [1.807, 2.05) is 66.7 Å². The number of cyclic esters (lactones) is 1. The number of ether oxygens (including phenoxy) is 4. The van der Waals surface area contributed by atoms with E-state index in [9.17, 15) is 4.79 Å². The summed E-state index contributed by atoms with van der Waals surface area (Å²) >= 11 is 0. The zero-order valence-corrected chi connectivity index (χ0v) is 24.9. The van der Waals surface area contributed by atoms with Crippen LogP contribution in [-0.2, 0) is 43.6 Å². The van der Waals surface area contributed by atoms with Crippen LogP contribution in [0.25, 0.3) is 0 Å². The maximum Gasteiger partial charge on any atom is 0.306 e. The molecule has 1 aliphatic heterocycles. The average Bonchev–Trinajstić information content (AvgIpc) is 3.03. The SMILES string of the molecule is CCCCCC[C@H](OCc1ccccc1)[C@@H]1C/C=C/[C@@H](OCc2ccccc2)[C@H](OCc2ccccc2)CCC(=O)O1. The van der Waals surface area contributed by atoms with Crippen molar-refractivity contribution in [1.82, 2.24) is 0 Å². The van der Waals surface area contributed by atoms with Crippen molar-refractivity contribution in [3.63, 3.8) is 0 Å². The molecule has 1 aliphatic rings. The fourth-order valence-electron chi connectivity index (χ4n) is 5.21. The maximum atomic E-state index is 13.2. The Bertz CT molecular complexity index is 1160. The fraction of sp³-hybridized carbons (Fsp3) is 0.432. The third kappa shape index (κ3) is 11.2. The van der Waals surface area contributed by atoms with Crippen molar-refractivity contribution in [2.75, 3.05) is 0 Å². The number of rotatable bonds is 15. The van der Waals surface area contributed by atoms with Crippen LogP contribution in [-0.4, -0.2) is 30.4 Å². The van der Waals surface area contributed by atoms with Gasteiger partial charge in [0.2, 0.25) is 0 Å². The standard InChI is InChI=1S/C37H46O5/c1-2-3-4-14-22-34(40-28-31-18-10-6-11-19-31)36-24-15-23-33(39-27-30-16-8-5-9-17-30)35(25-26-37(38)42-36)41-29-32-20-12-7-13-21-32/h5-13,15-21,23,33-36H,2-4,14,22,24-29H2,1H3/b23-15+/t33-,34+,35-,36+/m1/s1. The lowest BCUT2D eigenvalue weighted by atomic mass is 10.00. The van der Waals surface area contributed by atoms with Crippen molar-refractivity contribution in [1.29, 1.82) is 0 Å². The Labute approximate surface area is 251 Å². The summed E-state index contributed by atoms with van der Waals surface area (Å²) in [4.78, 5) is 13.2. The fourth-order valence-corrected chi connectivity index (χ4v) is 5.21. The number of esters is 1.